The molecule has 0 aliphatic carbocycles. The number of carbonyl (C=O) groups excluding carboxylic acids is 2. The zero-order valence-corrected chi connectivity index (χ0v) is 16.1. The van der Waals surface area contributed by atoms with Crippen molar-refractivity contribution in [2.75, 3.05) is 18.9 Å². The summed E-state index contributed by atoms with van der Waals surface area (Å²) in [4.78, 5) is 26.6. The number of hydrogen-bond acceptors (Lipinski definition) is 2. The molecule has 3 aromatic carbocycles. The smallest absolute Gasteiger partial charge is 0.254 e. The first kappa shape index (κ1) is 18.5. The molecule has 4 rings (SSSR count). The number of carbonyl (C=O) groups is 2. The number of anilines is 1. The first-order valence-corrected chi connectivity index (χ1v) is 9.38. The van der Waals surface area contributed by atoms with Crippen LogP contribution < -0.4 is 5.32 Å². The van der Waals surface area contributed by atoms with Crippen LogP contribution in [0.3, 0.4) is 0 Å². The Kier molecular flexibility index (Phi) is 5.12. The molecule has 2 amide bonds. The van der Waals surface area contributed by atoms with Crippen LogP contribution in [0.25, 0.3) is 16.5 Å². The van der Waals surface area contributed by atoms with Crippen molar-refractivity contribution in [2.24, 2.45) is 0 Å². The van der Waals surface area contributed by atoms with Crippen molar-refractivity contribution in [1.29, 1.82) is 0 Å². The van der Waals surface area contributed by atoms with E-state index in [0.717, 1.165) is 22.1 Å². The van der Waals surface area contributed by atoms with Gasteiger partial charge in [-0.1, -0.05) is 36.4 Å². The summed E-state index contributed by atoms with van der Waals surface area (Å²) in [5.74, 6) is -0.432. The summed E-state index contributed by atoms with van der Waals surface area (Å²) in [6.45, 7) is -0.0264. The van der Waals surface area contributed by atoms with Gasteiger partial charge in [0.2, 0.25) is 5.91 Å². The van der Waals surface area contributed by atoms with E-state index in [4.69, 9.17) is 0 Å². The zero-order valence-electron chi connectivity index (χ0n) is 16.1. The molecule has 0 saturated carbocycles. The highest BCUT2D eigenvalue weighted by Gasteiger charge is 2.15. The summed E-state index contributed by atoms with van der Waals surface area (Å²) in [6, 6.07) is 24.8. The molecule has 0 aliphatic rings. The van der Waals surface area contributed by atoms with Gasteiger partial charge in [-0.25, -0.2) is 0 Å². The number of hydrogen-bond donors (Lipinski definition) is 1. The highest BCUT2D eigenvalue weighted by Crippen LogP contribution is 2.22. The van der Waals surface area contributed by atoms with Crippen LogP contribution in [-0.4, -0.2) is 34.9 Å². The van der Waals surface area contributed by atoms with Gasteiger partial charge in [0.05, 0.1) is 6.54 Å². The van der Waals surface area contributed by atoms with Crippen molar-refractivity contribution in [3.63, 3.8) is 0 Å². The molecule has 0 bridgehead atoms. The Balaban J connectivity index is 1.42. The number of benzene rings is 3. The molecule has 0 atom stereocenters. The van der Waals surface area contributed by atoms with Crippen LogP contribution in [0.1, 0.15) is 10.4 Å². The summed E-state index contributed by atoms with van der Waals surface area (Å²) in [5.41, 5.74) is 2.26. The first-order chi connectivity index (χ1) is 14.1. The van der Waals surface area contributed by atoms with Crippen molar-refractivity contribution >= 4 is 28.3 Å². The van der Waals surface area contributed by atoms with Crippen LogP contribution >= 0.6 is 0 Å². The number of aromatic nitrogens is 1. The van der Waals surface area contributed by atoms with Crippen LogP contribution in [0.2, 0.25) is 0 Å². The quantitative estimate of drug-likeness (QED) is 0.557. The molecule has 4 aromatic rings. The van der Waals surface area contributed by atoms with Gasteiger partial charge in [-0.3, -0.25) is 9.59 Å². The number of fused-ring (bicyclic) bond motifs is 1. The van der Waals surface area contributed by atoms with E-state index in [1.807, 2.05) is 83.7 Å². The van der Waals surface area contributed by atoms with Crippen molar-refractivity contribution in [3.8, 4) is 5.69 Å². The Hall–Kier alpha value is -3.86. The number of nitrogens with one attached hydrogen (secondary N) is 1. The molecule has 0 saturated heterocycles. The minimum Gasteiger partial charge on any atom is -0.332 e. The fraction of sp³-hybridized carbons (Fsp3) is 0.0833. The average molecular weight is 383 g/mol. The monoisotopic (exact) mass is 383 g/mol. The van der Waals surface area contributed by atoms with E-state index < -0.39 is 0 Å². The minimum absolute atomic E-state index is 0.0264. The van der Waals surface area contributed by atoms with Crippen molar-refractivity contribution in [1.82, 2.24) is 9.47 Å². The molecule has 0 unspecified atom stereocenters. The van der Waals surface area contributed by atoms with Crippen molar-refractivity contribution in [2.45, 2.75) is 0 Å². The molecular weight excluding hydrogens is 362 g/mol. The lowest BCUT2D eigenvalue weighted by atomic mass is 10.1. The third-order valence-corrected chi connectivity index (χ3v) is 4.81. The predicted octanol–water partition coefficient (Wildman–Crippen LogP) is 4.34. The maximum atomic E-state index is 12.7. The molecule has 0 fully saturated rings. The number of rotatable bonds is 5. The van der Waals surface area contributed by atoms with Gasteiger partial charge in [0.1, 0.15) is 0 Å². The number of amides is 2. The highest BCUT2D eigenvalue weighted by atomic mass is 16.2. The molecule has 1 aromatic heterocycles. The topological polar surface area (TPSA) is 54.3 Å². The van der Waals surface area contributed by atoms with Crippen molar-refractivity contribution < 1.29 is 9.59 Å². The summed E-state index contributed by atoms with van der Waals surface area (Å²) < 4.78 is 1.97. The zero-order chi connectivity index (χ0) is 20.2. The Morgan fingerprint density at radius 2 is 1.55 bits per heavy atom. The SMILES string of the molecule is CN(CC(=O)Nc1cccc2ccccc12)C(=O)c1ccc(-n2cccc2)cc1. The van der Waals surface area contributed by atoms with Crippen LogP contribution in [0.15, 0.2) is 91.3 Å². The lowest BCUT2D eigenvalue weighted by molar-refractivity contribution is -0.116. The average Bonchev–Trinajstić information content (AvgIpc) is 3.28. The molecule has 5 nitrogen and oxygen atoms in total. The van der Waals surface area contributed by atoms with Gasteiger partial charge >= 0.3 is 0 Å². The van der Waals surface area contributed by atoms with Crippen LogP contribution in [0.4, 0.5) is 5.69 Å². The molecule has 29 heavy (non-hydrogen) atoms. The van der Waals surface area contributed by atoms with Gasteiger partial charge in [0.25, 0.3) is 5.91 Å². The summed E-state index contributed by atoms with van der Waals surface area (Å²) in [5, 5.41) is 4.94. The maximum absolute atomic E-state index is 12.7. The molecule has 1 N–H and O–H groups in total. The summed E-state index contributed by atoms with van der Waals surface area (Å²) >= 11 is 0. The Labute approximate surface area is 169 Å². The molecule has 0 aliphatic heterocycles. The molecule has 1 heterocycles. The van der Waals surface area contributed by atoms with Gasteiger partial charge in [-0.15, -0.1) is 0 Å². The van der Waals surface area contributed by atoms with Gasteiger partial charge in [0, 0.05) is 41.8 Å². The van der Waals surface area contributed by atoms with E-state index in [9.17, 15) is 9.59 Å². The van der Waals surface area contributed by atoms with E-state index in [1.165, 1.54) is 4.90 Å². The standard InChI is InChI=1S/C24H21N3O2/c1-26(24(29)19-11-13-20(14-12-19)27-15-4-5-16-27)17-23(28)25-22-10-6-8-18-7-2-3-9-21(18)22/h2-16H,17H2,1H3,(H,25,28). The highest BCUT2D eigenvalue weighted by molar-refractivity contribution is 6.04. The maximum Gasteiger partial charge on any atom is 0.254 e. The number of nitrogens with zero attached hydrogens (tertiary/aromatic N) is 2. The fourth-order valence-corrected chi connectivity index (χ4v) is 3.31. The van der Waals surface area contributed by atoms with E-state index >= 15 is 0 Å². The molecule has 144 valence electrons. The largest absolute Gasteiger partial charge is 0.332 e. The van der Waals surface area contributed by atoms with Crippen molar-refractivity contribution in [3.05, 3.63) is 96.8 Å². The Morgan fingerprint density at radius 3 is 2.31 bits per heavy atom. The predicted molar refractivity (Wildman–Crippen MR) is 115 cm³/mol. The fourth-order valence-electron chi connectivity index (χ4n) is 3.31. The van der Waals surface area contributed by atoms with Crippen LogP contribution in [-0.2, 0) is 4.79 Å². The van der Waals surface area contributed by atoms with E-state index in [2.05, 4.69) is 5.32 Å². The van der Waals surface area contributed by atoms with Crippen LogP contribution in [0.5, 0.6) is 0 Å². The van der Waals surface area contributed by atoms with E-state index in [1.54, 1.807) is 19.2 Å². The molecule has 0 spiro atoms. The second kappa shape index (κ2) is 8.02. The normalized spacial score (nSPS) is 10.7. The Bertz CT molecular complexity index is 1140. The number of likely N-dealkylation sites (N-methyl/N-ethyl adjacent to an activating group) is 1. The van der Waals surface area contributed by atoms with E-state index in [0.29, 0.717) is 5.56 Å². The molecule has 5 heteroatoms. The van der Waals surface area contributed by atoms with Gasteiger partial charge in [-0.05, 0) is 47.9 Å². The van der Waals surface area contributed by atoms with Gasteiger partial charge < -0.3 is 14.8 Å². The first-order valence-electron chi connectivity index (χ1n) is 9.38. The minimum atomic E-state index is -0.235. The summed E-state index contributed by atoms with van der Waals surface area (Å²) in [6.07, 6.45) is 3.89. The second-order valence-electron chi connectivity index (χ2n) is 6.87. The third-order valence-electron chi connectivity index (χ3n) is 4.81. The second-order valence-corrected chi connectivity index (χ2v) is 6.87. The molecule has 0 radical (unpaired) electrons. The molecular formula is C24H21N3O2. The lowest BCUT2D eigenvalue weighted by Gasteiger charge is -2.17. The van der Waals surface area contributed by atoms with Gasteiger partial charge in [0.15, 0.2) is 0 Å². The Morgan fingerprint density at radius 1 is 0.862 bits per heavy atom. The lowest BCUT2D eigenvalue weighted by Crippen LogP contribution is -2.34. The summed E-state index contributed by atoms with van der Waals surface area (Å²) in [7, 11) is 1.63. The van der Waals surface area contributed by atoms with Crippen LogP contribution in [0, 0.1) is 0 Å². The van der Waals surface area contributed by atoms with Gasteiger partial charge in [-0.2, -0.15) is 0 Å². The van der Waals surface area contributed by atoms with E-state index in [-0.39, 0.29) is 18.4 Å². The third kappa shape index (κ3) is 4.04.